The van der Waals surface area contributed by atoms with Gasteiger partial charge in [0.05, 0.1) is 42.0 Å². The van der Waals surface area contributed by atoms with E-state index in [4.69, 9.17) is 4.74 Å². The summed E-state index contributed by atoms with van der Waals surface area (Å²) >= 11 is 0. The molecule has 0 spiro atoms. The number of aliphatic hydroxyl groups excluding tert-OH is 1. The maximum atomic E-state index is 12.3. The number of β-lactam (4-membered cyclic amide) rings is 1. The second-order valence-electron chi connectivity index (χ2n) is 7.26. The van der Waals surface area contributed by atoms with Crippen LogP contribution in [0.2, 0.25) is 0 Å². The van der Waals surface area contributed by atoms with E-state index in [1.54, 1.807) is 31.8 Å². The molecule has 3 rings (SSSR count). The zero-order valence-corrected chi connectivity index (χ0v) is 19.2. The van der Waals surface area contributed by atoms with Crippen LogP contribution in [0.4, 0.5) is 4.79 Å². The fourth-order valence-corrected chi connectivity index (χ4v) is 3.72. The van der Waals surface area contributed by atoms with Gasteiger partial charge in [-0.1, -0.05) is 0 Å². The molecule has 0 radical (unpaired) electrons. The van der Waals surface area contributed by atoms with Gasteiger partial charge in [0.2, 0.25) is 5.91 Å². The number of carboxylic acids is 1. The number of nitrogens with zero attached hydrogens (tertiary/aromatic N) is 4. The number of aliphatic carboxylic acids is 1. The number of hydrogen-bond donors (Lipinski definition) is 1. The number of ether oxygens (including phenoxy) is 1. The van der Waals surface area contributed by atoms with Crippen LogP contribution in [-0.4, -0.2) is 75.5 Å². The van der Waals surface area contributed by atoms with Crippen molar-refractivity contribution in [3.05, 3.63) is 23.2 Å². The number of carbonyl (C=O) groups is 3. The summed E-state index contributed by atoms with van der Waals surface area (Å²) in [4.78, 5) is 37.9. The quantitative estimate of drug-likeness (QED) is 0.371. The van der Waals surface area contributed by atoms with Crippen molar-refractivity contribution in [1.29, 1.82) is 0 Å². The molecule has 2 amide bonds. The van der Waals surface area contributed by atoms with Crippen LogP contribution in [0, 0.1) is 12.8 Å². The van der Waals surface area contributed by atoms with Crippen molar-refractivity contribution in [1.82, 2.24) is 19.6 Å². The Kier molecular flexibility index (Phi) is 7.15. The molecule has 1 N–H and O–H groups in total. The van der Waals surface area contributed by atoms with E-state index < -0.39 is 36.0 Å². The minimum Gasteiger partial charge on any atom is -0.543 e. The predicted molar refractivity (Wildman–Crippen MR) is 94.3 cm³/mol. The van der Waals surface area contributed by atoms with Gasteiger partial charge in [-0.3, -0.25) is 9.48 Å². The summed E-state index contributed by atoms with van der Waals surface area (Å²) in [7, 11) is 3.16. The molecule has 3 heterocycles. The first-order chi connectivity index (χ1) is 13.1. The summed E-state index contributed by atoms with van der Waals surface area (Å²) in [6.45, 7) is 3.74. The Morgan fingerprint density at radius 2 is 2.10 bits per heavy atom. The van der Waals surface area contributed by atoms with E-state index in [1.807, 2.05) is 0 Å². The number of aliphatic hydroxyl groups is 1. The molecule has 0 aromatic carbocycles. The van der Waals surface area contributed by atoms with E-state index in [2.05, 4.69) is 5.10 Å². The Hall–Kier alpha value is -1.88. The van der Waals surface area contributed by atoms with Gasteiger partial charge in [-0.05, 0) is 26.3 Å². The number of amides is 2. The summed E-state index contributed by atoms with van der Waals surface area (Å²) < 4.78 is 6.70. The number of rotatable bonds is 6. The number of aromatic nitrogens is 2. The standard InChI is InChI=1S/C18H24N4O6.Na/c1-9-7-12(19-21(9)5-6-28-18(27)20(3)4)11-8-13-14(10(2)23)16(24)22(13)15(11)17(25)26;/h7,10,13-14,23H,5-6,8H2,1-4H3,(H,25,26);/q;+1/p-1/t10-,13-,14-;/m1./s1. The van der Waals surface area contributed by atoms with Gasteiger partial charge in [0.1, 0.15) is 6.61 Å². The fraction of sp³-hybridized carbons (Fsp3) is 0.556. The summed E-state index contributed by atoms with van der Waals surface area (Å²) in [5, 5.41) is 25.9. The number of fused-ring (bicyclic) bond motifs is 1. The number of carbonyl (C=O) groups excluding carboxylic acids is 3. The third-order valence-electron chi connectivity index (χ3n) is 5.11. The summed E-state index contributed by atoms with van der Waals surface area (Å²) in [5.41, 5.74) is 1.42. The van der Waals surface area contributed by atoms with Gasteiger partial charge in [-0.2, -0.15) is 5.10 Å². The predicted octanol–water partition coefficient (Wildman–Crippen LogP) is -4.03. The van der Waals surface area contributed by atoms with Crippen LogP contribution in [0.3, 0.4) is 0 Å². The Labute approximate surface area is 190 Å². The van der Waals surface area contributed by atoms with Gasteiger partial charge >= 0.3 is 35.7 Å². The zero-order chi connectivity index (χ0) is 20.7. The maximum absolute atomic E-state index is 12.3. The monoisotopic (exact) mass is 414 g/mol. The molecule has 11 heteroatoms. The minimum atomic E-state index is -1.44. The van der Waals surface area contributed by atoms with E-state index in [9.17, 15) is 24.6 Å². The zero-order valence-electron chi connectivity index (χ0n) is 17.2. The van der Waals surface area contributed by atoms with E-state index in [0.29, 0.717) is 17.8 Å². The third kappa shape index (κ3) is 4.20. The molecule has 0 bridgehead atoms. The van der Waals surface area contributed by atoms with E-state index in [0.717, 1.165) is 5.69 Å². The van der Waals surface area contributed by atoms with Gasteiger partial charge < -0.3 is 29.5 Å². The Morgan fingerprint density at radius 3 is 2.66 bits per heavy atom. The van der Waals surface area contributed by atoms with Crippen LogP contribution in [0.15, 0.2) is 11.8 Å². The van der Waals surface area contributed by atoms with Crippen molar-refractivity contribution < 1.29 is 58.9 Å². The largest absolute Gasteiger partial charge is 1.00 e. The van der Waals surface area contributed by atoms with Crippen molar-refractivity contribution >= 4 is 23.5 Å². The Morgan fingerprint density at radius 1 is 1.45 bits per heavy atom. The molecule has 2 aliphatic rings. The maximum Gasteiger partial charge on any atom is 1.00 e. The van der Waals surface area contributed by atoms with Gasteiger partial charge in [0, 0.05) is 25.4 Å². The molecule has 1 fully saturated rings. The SMILES string of the molecule is Cc1cc(C2=C(C(=O)[O-])N3C(=O)[C@H]([C@@H](C)O)[C@H]3C2)nn1CCOC(=O)N(C)C.[Na+]. The molecule has 1 saturated heterocycles. The molecule has 10 nitrogen and oxygen atoms in total. The van der Waals surface area contributed by atoms with Gasteiger partial charge in [-0.25, -0.2) is 4.79 Å². The van der Waals surface area contributed by atoms with Crippen molar-refractivity contribution in [3.63, 3.8) is 0 Å². The minimum absolute atomic E-state index is 0. The fourth-order valence-electron chi connectivity index (χ4n) is 3.72. The number of carboxylic acid groups (broad SMARTS) is 1. The van der Waals surface area contributed by atoms with E-state index in [-0.39, 0.29) is 48.3 Å². The van der Waals surface area contributed by atoms with Crippen molar-refractivity contribution in [2.75, 3.05) is 20.7 Å². The van der Waals surface area contributed by atoms with Crippen LogP contribution in [0.5, 0.6) is 0 Å². The summed E-state index contributed by atoms with van der Waals surface area (Å²) in [6.07, 6.45) is -1.03. The van der Waals surface area contributed by atoms with Gasteiger partial charge in [0.15, 0.2) is 0 Å². The Balaban J connectivity index is 0.00000300. The van der Waals surface area contributed by atoms with Crippen molar-refractivity contribution in [3.8, 4) is 0 Å². The third-order valence-corrected chi connectivity index (χ3v) is 5.11. The van der Waals surface area contributed by atoms with Crippen LogP contribution in [0.1, 0.15) is 24.7 Å². The topological polar surface area (TPSA) is 128 Å². The first kappa shape index (κ1) is 23.4. The molecule has 29 heavy (non-hydrogen) atoms. The van der Waals surface area contributed by atoms with Gasteiger partial charge in [-0.15, -0.1) is 0 Å². The molecule has 0 aliphatic carbocycles. The smallest absolute Gasteiger partial charge is 0.543 e. The summed E-state index contributed by atoms with van der Waals surface area (Å²) in [5.74, 6) is -2.48. The first-order valence-electron chi connectivity index (χ1n) is 8.98. The molecular formula is C18H23N4NaO6. The van der Waals surface area contributed by atoms with Crippen LogP contribution in [0.25, 0.3) is 5.57 Å². The molecule has 1 aromatic heterocycles. The first-order valence-corrected chi connectivity index (χ1v) is 8.98. The molecule has 2 aliphatic heterocycles. The average molecular weight is 414 g/mol. The van der Waals surface area contributed by atoms with Crippen molar-refractivity contribution in [2.45, 2.75) is 39.0 Å². The second-order valence-corrected chi connectivity index (χ2v) is 7.26. The van der Waals surface area contributed by atoms with Crippen LogP contribution in [-0.2, 0) is 20.9 Å². The van der Waals surface area contributed by atoms with Gasteiger partial charge in [0.25, 0.3) is 0 Å². The Bertz CT molecular complexity index is 863. The number of hydrogen-bond acceptors (Lipinski definition) is 7. The molecule has 0 saturated carbocycles. The molecule has 3 atom stereocenters. The summed E-state index contributed by atoms with van der Waals surface area (Å²) in [6, 6.07) is 1.32. The number of aryl methyl sites for hydroxylation is 1. The van der Waals surface area contributed by atoms with E-state index >= 15 is 0 Å². The molecule has 152 valence electrons. The van der Waals surface area contributed by atoms with Crippen molar-refractivity contribution in [2.24, 2.45) is 5.92 Å². The van der Waals surface area contributed by atoms with Crippen LogP contribution >= 0.6 is 0 Å². The normalized spacial score (nSPS) is 21.3. The second kappa shape index (κ2) is 8.86. The molecule has 0 unspecified atom stereocenters. The van der Waals surface area contributed by atoms with Crippen LogP contribution < -0.4 is 34.7 Å². The molecule has 1 aromatic rings. The average Bonchev–Trinajstić information content (AvgIpc) is 3.12. The molecular weight excluding hydrogens is 391 g/mol. The van der Waals surface area contributed by atoms with E-state index in [1.165, 1.54) is 16.7 Å².